The molecule has 2 fully saturated rings. The van der Waals surface area contributed by atoms with E-state index in [4.69, 9.17) is 9.97 Å². The lowest BCUT2D eigenvalue weighted by atomic mass is 9.93. The molecule has 2 heterocycles. The molecule has 0 aromatic carbocycles. The fourth-order valence-corrected chi connectivity index (χ4v) is 6.49. The van der Waals surface area contributed by atoms with E-state index in [0.717, 1.165) is 5.65 Å². The molecule has 0 N–H and O–H groups in total. The van der Waals surface area contributed by atoms with Gasteiger partial charge in [-0.15, -0.1) is 11.3 Å². The van der Waals surface area contributed by atoms with Crippen LogP contribution in [-0.4, -0.2) is 9.97 Å². The van der Waals surface area contributed by atoms with E-state index < -0.39 is 0 Å². The second kappa shape index (κ2) is 11.4. The fraction of sp³-hybridized carbons (Fsp3) is 0.769. The third-order valence-electron chi connectivity index (χ3n) is 7.27. The van der Waals surface area contributed by atoms with Gasteiger partial charge in [-0.3, -0.25) is 0 Å². The van der Waals surface area contributed by atoms with Crippen molar-refractivity contribution in [1.29, 1.82) is 0 Å². The molecule has 29 heavy (non-hydrogen) atoms. The summed E-state index contributed by atoms with van der Waals surface area (Å²) in [5, 5.41) is 1.37. The second-order valence-electron chi connectivity index (χ2n) is 9.61. The Morgan fingerprint density at radius 2 is 1.03 bits per heavy atom. The zero-order chi connectivity index (χ0) is 19.7. The molecule has 0 spiro atoms. The SMILES string of the molecule is c1cc2sc(C3CCCCCCCCCC3)nc2nc1C1CCCCCCCC1. The first-order chi connectivity index (χ1) is 14.4. The van der Waals surface area contributed by atoms with Gasteiger partial charge in [-0.05, 0) is 37.8 Å². The van der Waals surface area contributed by atoms with Crippen LogP contribution < -0.4 is 0 Å². The number of nitrogens with zero attached hydrogens (tertiary/aromatic N) is 2. The molecule has 0 radical (unpaired) electrons. The van der Waals surface area contributed by atoms with E-state index in [9.17, 15) is 0 Å². The Morgan fingerprint density at radius 3 is 1.59 bits per heavy atom. The summed E-state index contributed by atoms with van der Waals surface area (Å²) in [7, 11) is 0. The van der Waals surface area contributed by atoms with Gasteiger partial charge in [0, 0.05) is 17.5 Å². The van der Waals surface area contributed by atoms with E-state index in [2.05, 4.69) is 12.1 Å². The molecule has 0 atom stereocenters. The molecule has 0 unspecified atom stereocenters. The predicted molar refractivity (Wildman–Crippen MR) is 126 cm³/mol. The van der Waals surface area contributed by atoms with E-state index in [1.54, 1.807) is 0 Å². The smallest absolute Gasteiger partial charge is 0.170 e. The Bertz CT molecular complexity index is 715. The van der Waals surface area contributed by atoms with E-state index in [0.29, 0.717) is 11.8 Å². The average molecular weight is 413 g/mol. The molecular weight excluding hydrogens is 372 g/mol. The van der Waals surface area contributed by atoms with Crippen molar-refractivity contribution in [3.63, 3.8) is 0 Å². The van der Waals surface area contributed by atoms with Gasteiger partial charge in [-0.25, -0.2) is 9.97 Å². The van der Waals surface area contributed by atoms with Crippen molar-refractivity contribution in [3.05, 3.63) is 22.8 Å². The van der Waals surface area contributed by atoms with Gasteiger partial charge in [0.05, 0.1) is 9.71 Å². The highest BCUT2D eigenvalue weighted by Gasteiger charge is 2.19. The van der Waals surface area contributed by atoms with Gasteiger partial charge < -0.3 is 0 Å². The van der Waals surface area contributed by atoms with Gasteiger partial charge in [-0.1, -0.05) is 89.9 Å². The zero-order valence-corrected chi connectivity index (χ0v) is 19.2. The summed E-state index contributed by atoms with van der Waals surface area (Å²) in [5.41, 5.74) is 2.36. The summed E-state index contributed by atoms with van der Waals surface area (Å²) in [6, 6.07) is 4.65. The summed E-state index contributed by atoms with van der Waals surface area (Å²) >= 11 is 1.93. The van der Waals surface area contributed by atoms with Crippen molar-refractivity contribution in [2.24, 2.45) is 0 Å². The molecule has 2 aliphatic rings. The molecule has 2 saturated carbocycles. The molecule has 2 aromatic heterocycles. The largest absolute Gasteiger partial charge is 0.232 e. The first kappa shape index (κ1) is 21.3. The van der Waals surface area contributed by atoms with Gasteiger partial charge in [0.15, 0.2) is 5.65 Å². The predicted octanol–water partition coefficient (Wildman–Crippen LogP) is 8.91. The molecule has 0 bridgehead atoms. The maximum atomic E-state index is 5.11. The number of thiazole rings is 1. The Balaban J connectivity index is 1.48. The monoisotopic (exact) mass is 412 g/mol. The molecule has 2 nitrogen and oxygen atoms in total. The quantitative estimate of drug-likeness (QED) is 0.492. The number of hydrogen-bond acceptors (Lipinski definition) is 3. The van der Waals surface area contributed by atoms with Crippen LogP contribution in [0.2, 0.25) is 0 Å². The Morgan fingerprint density at radius 1 is 0.552 bits per heavy atom. The number of pyridine rings is 1. The number of fused-ring (bicyclic) bond motifs is 1. The highest BCUT2D eigenvalue weighted by Crippen LogP contribution is 2.36. The third-order valence-corrected chi connectivity index (χ3v) is 8.44. The summed E-state index contributed by atoms with van der Waals surface area (Å²) in [6.45, 7) is 0. The third kappa shape index (κ3) is 6.26. The van der Waals surface area contributed by atoms with E-state index >= 15 is 0 Å². The highest BCUT2D eigenvalue weighted by molar-refractivity contribution is 7.18. The van der Waals surface area contributed by atoms with Crippen molar-refractivity contribution < 1.29 is 0 Å². The van der Waals surface area contributed by atoms with Gasteiger partial charge >= 0.3 is 0 Å². The van der Waals surface area contributed by atoms with Gasteiger partial charge in [0.25, 0.3) is 0 Å². The van der Waals surface area contributed by atoms with Crippen LogP contribution in [0.5, 0.6) is 0 Å². The van der Waals surface area contributed by atoms with Crippen LogP contribution in [0.4, 0.5) is 0 Å². The van der Waals surface area contributed by atoms with Crippen molar-refractivity contribution in [1.82, 2.24) is 9.97 Å². The molecule has 0 aliphatic heterocycles. The maximum absolute atomic E-state index is 5.11. The summed E-state index contributed by atoms with van der Waals surface area (Å²) < 4.78 is 1.31. The lowest BCUT2D eigenvalue weighted by molar-refractivity contribution is 0.512. The lowest BCUT2D eigenvalue weighted by Gasteiger charge is -2.15. The van der Waals surface area contributed by atoms with Crippen molar-refractivity contribution in [3.8, 4) is 0 Å². The number of hydrogen-bond donors (Lipinski definition) is 0. The van der Waals surface area contributed by atoms with Crippen LogP contribution >= 0.6 is 11.3 Å². The molecular formula is C26H40N2S. The molecule has 4 rings (SSSR count). The van der Waals surface area contributed by atoms with Gasteiger partial charge in [-0.2, -0.15) is 0 Å². The van der Waals surface area contributed by atoms with Gasteiger partial charge in [0.1, 0.15) is 0 Å². The minimum atomic E-state index is 0.653. The van der Waals surface area contributed by atoms with Crippen LogP contribution in [0.3, 0.4) is 0 Å². The first-order valence-corrected chi connectivity index (χ1v) is 13.5. The number of aromatic nitrogens is 2. The average Bonchev–Trinajstić information content (AvgIpc) is 3.19. The Labute approximate surface area is 181 Å². The van der Waals surface area contributed by atoms with E-state index in [1.807, 2.05) is 11.3 Å². The van der Waals surface area contributed by atoms with Crippen molar-refractivity contribution in [2.75, 3.05) is 0 Å². The lowest BCUT2D eigenvalue weighted by Crippen LogP contribution is -2.02. The second-order valence-corrected chi connectivity index (χ2v) is 10.7. The highest BCUT2D eigenvalue weighted by atomic mass is 32.1. The number of rotatable bonds is 2. The molecule has 3 heteroatoms. The fourth-order valence-electron chi connectivity index (χ4n) is 5.41. The summed E-state index contributed by atoms with van der Waals surface area (Å²) in [6.07, 6.45) is 25.0. The van der Waals surface area contributed by atoms with Crippen molar-refractivity contribution >= 4 is 21.7 Å². The van der Waals surface area contributed by atoms with Crippen LogP contribution in [0, 0.1) is 0 Å². The molecule has 0 amide bonds. The normalized spacial score (nSPS) is 22.5. The Kier molecular flexibility index (Phi) is 8.39. The topological polar surface area (TPSA) is 25.8 Å². The summed E-state index contributed by atoms with van der Waals surface area (Å²) in [5.74, 6) is 1.32. The molecule has 2 aliphatic carbocycles. The standard InChI is InChI=1S/C26H40N2S/c1-2-4-10-14-18-22(17-13-9-3-1)26-28-25-24(29-26)20-19-23(27-25)21-15-11-7-5-6-8-12-16-21/h19-22H,1-18H2. The van der Waals surface area contributed by atoms with Gasteiger partial charge in [0.2, 0.25) is 0 Å². The minimum Gasteiger partial charge on any atom is -0.232 e. The van der Waals surface area contributed by atoms with Crippen molar-refractivity contribution in [2.45, 2.75) is 127 Å². The molecule has 160 valence electrons. The van der Waals surface area contributed by atoms with Crippen LogP contribution in [-0.2, 0) is 0 Å². The van der Waals surface area contributed by atoms with E-state index in [-0.39, 0.29) is 0 Å². The maximum Gasteiger partial charge on any atom is 0.170 e. The first-order valence-electron chi connectivity index (χ1n) is 12.7. The zero-order valence-electron chi connectivity index (χ0n) is 18.3. The summed E-state index contributed by atoms with van der Waals surface area (Å²) in [4.78, 5) is 10.2. The van der Waals surface area contributed by atoms with Crippen LogP contribution in [0.1, 0.15) is 138 Å². The Hall–Kier alpha value is -0.960. The van der Waals surface area contributed by atoms with Crippen LogP contribution in [0.25, 0.3) is 10.3 Å². The van der Waals surface area contributed by atoms with E-state index in [1.165, 1.54) is 131 Å². The van der Waals surface area contributed by atoms with Crippen LogP contribution in [0.15, 0.2) is 12.1 Å². The molecule has 2 aromatic rings. The molecule has 0 saturated heterocycles. The minimum absolute atomic E-state index is 0.653.